The van der Waals surface area contributed by atoms with Crippen LogP contribution < -0.4 is 0 Å². The minimum atomic E-state index is -1.95. The second-order valence-electron chi connectivity index (χ2n) is 8.77. The van der Waals surface area contributed by atoms with Crippen molar-refractivity contribution in [3.05, 3.63) is 0 Å². The van der Waals surface area contributed by atoms with Gasteiger partial charge in [-0.25, -0.2) is 0 Å². The molecule has 0 heterocycles. The average molecular weight is 313 g/mol. The van der Waals surface area contributed by atoms with E-state index in [9.17, 15) is 5.11 Å². The fraction of sp³-hybridized carbons (Fsp3) is 0.889. The molecule has 0 aromatic heterocycles. The summed E-state index contributed by atoms with van der Waals surface area (Å²) < 4.78 is 6.76. The van der Waals surface area contributed by atoms with Crippen LogP contribution in [-0.2, 0) is 4.43 Å². The fourth-order valence-corrected chi connectivity index (χ4v) is 3.72. The highest BCUT2D eigenvalue weighted by atomic mass is 28.4. The van der Waals surface area contributed by atoms with Gasteiger partial charge in [0.25, 0.3) is 0 Å². The molecule has 0 radical (unpaired) electrons. The predicted molar refractivity (Wildman–Crippen MR) is 94.8 cm³/mol. The lowest BCUT2D eigenvalue weighted by Crippen LogP contribution is -2.54. The molecule has 0 spiro atoms. The van der Waals surface area contributed by atoms with Crippen LogP contribution in [0, 0.1) is 23.7 Å². The van der Waals surface area contributed by atoms with Gasteiger partial charge in [-0.1, -0.05) is 60.3 Å². The number of rotatable bonds is 4. The third-order valence-electron chi connectivity index (χ3n) is 4.51. The van der Waals surface area contributed by atoms with E-state index in [1.165, 1.54) is 0 Å². The van der Waals surface area contributed by atoms with Gasteiger partial charge in [-0.05, 0) is 43.8 Å². The molecule has 2 nitrogen and oxygen atoms in total. The minimum absolute atomic E-state index is 0.137. The number of hydrogen-bond donors (Lipinski definition) is 1. The van der Waals surface area contributed by atoms with Gasteiger partial charge in [-0.2, -0.15) is 0 Å². The highest BCUT2D eigenvalue weighted by Gasteiger charge is 2.47. The quantitative estimate of drug-likeness (QED) is 0.595. The summed E-state index contributed by atoms with van der Waals surface area (Å²) in [5, 5.41) is 10.1. The summed E-state index contributed by atoms with van der Waals surface area (Å²) in [5.74, 6) is 6.85. The van der Waals surface area contributed by atoms with E-state index >= 15 is 0 Å². The van der Waals surface area contributed by atoms with Crippen molar-refractivity contribution in [2.75, 3.05) is 0 Å². The molecule has 0 aromatic rings. The second-order valence-corrected chi connectivity index (χ2v) is 13.5. The van der Waals surface area contributed by atoms with Crippen molar-refractivity contribution in [1.29, 1.82) is 0 Å². The second kappa shape index (κ2) is 6.44. The zero-order valence-corrected chi connectivity index (χ0v) is 17.0. The molecule has 0 atom stereocenters. The van der Waals surface area contributed by atoms with Crippen molar-refractivity contribution in [2.24, 2.45) is 11.8 Å². The number of hydrogen-bond acceptors (Lipinski definition) is 2. The molecule has 21 heavy (non-hydrogen) atoms. The van der Waals surface area contributed by atoms with Gasteiger partial charge in [-0.3, -0.25) is 0 Å². The molecule has 3 heteroatoms. The molecule has 1 N–H and O–H groups in total. The lowest BCUT2D eigenvalue weighted by Gasteiger charge is -2.47. The molecule has 0 fully saturated rings. The van der Waals surface area contributed by atoms with Gasteiger partial charge in [0, 0.05) is 0 Å². The minimum Gasteiger partial charge on any atom is -0.400 e. The van der Waals surface area contributed by atoms with Gasteiger partial charge in [-0.15, -0.1) is 0 Å². The average Bonchev–Trinajstić information content (AvgIpc) is 2.20. The van der Waals surface area contributed by atoms with E-state index in [1.54, 1.807) is 13.8 Å². The van der Waals surface area contributed by atoms with Crippen LogP contribution in [0.1, 0.15) is 62.3 Å². The Hall–Kier alpha value is -0.303. The van der Waals surface area contributed by atoms with Gasteiger partial charge in [0.1, 0.15) is 11.2 Å². The van der Waals surface area contributed by atoms with E-state index in [0.717, 1.165) is 0 Å². The normalized spacial score (nSPS) is 14.4. The third-order valence-corrected chi connectivity index (χ3v) is 8.97. The third kappa shape index (κ3) is 5.43. The van der Waals surface area contributed by atoms with Crippen molar-refractivity contribution < 1.29 is 9.53 Å². The SMILES string of the molecule is CC(C)C(C#CC(C)(C)O)(O[Si](C)(C)C(C)(C)C)C(C)C. The first-order chi connectivity index (χ1) is 9.05. The van der Waals surface area contributed by atoms with Crippen LogP contribution in [0.15, 0.2) is 0 Å². The largest absolute Gasteiger partial charge is 0.400 e. The zero-order valence-electron chi connectivity index (χ0n) is 16.0. The zero-order chi connectivity index (χ0) is 17.3. The summed E-state index contributed by atoms with van der Waals surface area (Å²) in [6.45, 7) is 23.3. The first-order valence-corrected chi connectivity index (χ1v) is 10.9. The molecule has 124 valence electrons. The molecule has 0 aliphatic heterocycles. The Morgan fingerprint density at radius 3 is 1.48 bits per heavy atom. The lowest BCUT2D eigenvalue weighted by atomic mass is 9.80. The van der Waals surface area contributed by atoms with Crippen LogP contribution in [0.2, 0.25) is 18.1 Å². The summed E-state index contributed by atoms with van der Waals surface area (Å²) >= 11 is 0. The monoisotopic (exact) mass is 312 g/mol. The topological polar surface area (TPSA) is 29.5 Å². The van der Waals surface area contributed by atoms with Crippen LogP contribution in [0.4, 0.5) is 0 Å². The van der Waals surface area contributed by atoms with Gasteiger partial charge < -0.3 is 9.53 Å². The summed E-state index contributed by atoms with van der Waals surface area (Å²) in [5.41, 5.74) is -1.51. The van der Waals surface area contributed by atoms with Gasteiger partial charge >= 0.3 is 0 Å². The standard InChI is InChI=1S/C18H36O2Si/c1-14(2)18(15(3)4,13-12-17(8,9)19)20-21(10,11)16(5,6)7/h14-15,19H,1-11H3. The molecular weight excluding hydrogens is 276 g/mol. The van der Waals surface area contributed by atoms with Crippen LogP contribution in [-0.4, -0.2) is 24.6 Å². The molecule has 0 aromatic carbocycles. The maximum absolute atomic E-state index is 9.98. The van der Waals surface area contributed by atoms with Crippen molar-refractivity contribution in [2.45, 2.75) is 91.6 Å². The van der Waals surface area contributed by atoms with Crippen molar-refractivity contribution in [3.8, 4) is 11.8 Å². The van der Waals surface area contributed by atoms with E-state index in [0.29, 0.717) is 0 Å². The smallest absolute Gasteiger partial charge is 0.194 e. The Bertz CT molecular complexity index is 390. The van der Waals surface area contributed by atoms with Crippen molar-refractivity contribution in [1.82, 2.24) is 0 Å². The molecule has 0 amide bonds. The number of aliphatic hydroxyl groups is 1. The Labute approximate surface area is 133 Å². The van der Waals surface area contributed by atoms with E-state index in [-0.39, 0.29) is 16.9 Å². The summed E-state index contributed by atoms with van der Waals surface area (Å²) in [4.78, 5) is 0. The maximum atomic E-state index is 9.98. The molecular formula is C18H36O2Si. The molecule has 0 saturated heterocycles. The van der Waals surface area contributed by atoms with Crippen LogP contribution in [0.3, 0.4) is 0 Å². The Kier molecular flexibility index (Phi) is 6.35. The fourth-order valence-electron chi connectivity index (χ4n) is 2.04. The van der Waals surface area contributed by atoms with Crippen LogP contribution in [0.5, 0.6) is 0 Å². The summed E-state index contributed by atoms with van der Waals surface area (Å²) in [6, 6.07) is 0. The highest BCUT2D eigenvalue weighted by Crippen LogP contribution is 2.43. The van der Waals surface area contributed by atoms with E-state index < -0.39 is 19.5 Å². The summed E-state index contributed by atoms with van der Waals surface area (Å²) in [6.07, 6.45) is 0. The molecule has 0 saturated carbocycles. The first kappa shape index (κ1) is 20.7. The Balaban J connectivity index is 5.89. The van der Waals surface area contributed by atoms with Crippen molar-refractivity contribution >= 4 is 8.32 Å². The van der Waals surface area contributed by atoms with Crippen molar-refractivity contribution in [3.63, 3.8) is 0 Å². The van der Waals surface area contributed by atoms with E-state index in [4.69, 9.17) is 4.43 Å². The van der Waals surface area contributed by atoms with Crippen LogP contribution in [0.25, 0.3) is 0 Å². The maximum Gasteiger partial charge on any atom is 0.194 e. The van der Waals surface area contributed by atoms with Gasteiger partial charge in [0.05, 0.1) is 0 Å². The molecule has 0 rings (SSSR count). The lowest BCUT2D eigenvalue weighted by molar-refractivity contribution is 0.0204. The van der Waals surface area contributed by atoms with E-state index in [2.05, 4.69) is 73.4 Å². The molecule has 0 aliphatic rings. The first-order valence-electron chi connectivity index (χ1n) is 8.02. The summed E-state index contributed by atoms with van der Waals surface area (Å²) in [7, 11) is -1.95. The highest BCUT2D eigenvalue weighted by molar-refractivity contribution is 6.74. The predicted octanol–water partition coefficient (Wildman–Crippen LogP) is 4.83. The van der Waals surface area contributed by atoms with E-state index in [1.807, 2.05) is 0 Å². The van der Waals surface area contributed by atoms with Gasteiger partial charge in [0.2, 0.25) is 0 Å². The Morgan fingerprint density at radius 2 is 1.24 bits per heavy atom. The molecule has 0 unspecified atom stereocenters. The molecule has 0 bridgehead atoms. The van der Waals surface area contributed by atoms with Crippen LogP contribution >= 0.6 is 0 Å². The van der Waals surface area contributed by atoms with Gasteiger partial charge in [0.15, 0.2) is 8.32 Å². The Morgan fingerprint density at radius 1 is 0.857 bits per heavy atom. The molecule has 0 aliphatic carbocycles.